The second kappa shape index (κ2) is 6.57. The standard InChI is InChI=1S/C11H19N3O6/c15-3-1-2-6-4-14(13-12-6)11-10(19)9(18)8(17)7(5-16)20-11/h4,7-11,15-19H,1-3,5H2/t7-,8+,9+,10-,11-/m1/s1. The molecule has 1 aliphatic heterocycles. The number of ether oxygens (including phenoxy) is 1. The Hall–Kier alpha value is -1.10. The highest BCUT2D eigenvalue weighted by atomic mass is 16.6. The molecule has 0 bridgehead atoms. The summed E-state index contributed by atoms with van der Waals surface area (Å²) in [6, 6.07) is 0. The molecular weight excluding hydrogens is 270 g/mol. The summed E-state index contributed by atoms with van der Waals surface area (Å²) < 4.78 is 6.57. The summed E-state index contributed by atoms with van der Waals surface area (Å²) in [6.45, 7) is -0.458. The Morgan fingerprint density at radius 1 is 1.15 bits per heavy atom. The van der Waals surface area contributed by atoms with E-state index in [9.17, 15) is 15.3 Å². The lowest BCUT2D eigenvalue weighted by atomic mass is 9.98. The third-order valence-electron chi connectivity index (χ3n) is 3.28. The third kappa shape index (κ3) is 2.97. The molecule has 0 saturated carbocycles. The first kappa shape index (κ1) is 15.3. The molecule has 20 heavy (non-hydrogen) atoms. The van der Waals surface area contributed by atoms with Gasteiger partial charge in [0.2, 0.25) is 0 Å². The summed E-state index contributed by atoms with van der Waals surface area (Å²) in [4.78, 5) is 0. The first-order valence-corrected chi connectivity index (χ1v) is 6.40. The molecule has 0 unspecified atom stereocenters. The molecule has 0 radical (unpaired) electrons. The van der Waals surface area contributed by atoms with Gasteiger partial charge in [-0.25, -0.2) is 4.68 Å². The van der Waals surface area contributed by atoms with Crippen molar-refractivity contribution in [2.45, 2.75) is 43.5 Å². The molecule has 1 aromatic heterocycles. The monoisotopic (exact) mass is 289 g/mol. The SMILES string of the molecule is OCCCc1cn([C@@H]2O[C@H](CO)[C@H](O)[C@H](O)[C@H]2O)nn1. The summed E-state index contributed by atoms with van der Waals surface area (Å²) in [5, 5.41) is 54.8. The first-order valence-electron chi connectivity index (χ1n) is 6.40. The molecule has 2 heterocycles. The van der Waals surface area contributed by atoms with Gasteiger partial charge in [-0.05, 0) is 12.8 Å². The Labute approximate surface area is 115 Å². The average molecular weight is 289 g/mol. The van der Waals surface area contributed by atoms with Crippen molar-refractivity contribution in [3.05, 3.63) is 11.9 Å². The molecule has 2 rings (SSSR count). The van der Waals surface area contributed by atoms with E-state index in [1.54, 1.807) is 0 Å². The van der Waals surface area contributed by atoms with E-state index >= 15 is 0 Å². The second-order valence-corrected chi connectivity index (χ2v) is 4.74. The van der Waals surface area contributed by atoms with Gasteiger partial charge in [-0.2, -0.15) is 0 Å². The lowest BCUT2D eigenvalue weighted by molar-refractivity contribution is -0.254. The fourth-order valence-corrected chi connectivity index (χ4v) is 2.11. The molecule has 5 N–H and O–H groups in total. The minimum absolute atomic E-state index is 0.0346. The number of nitrogens with zero attached hydrogens (tertiary/aromatic N) is 3. The van der Waals surface area contributed by atoms with Crippen molar-refractivity contribution in [2.75, 3.05) is 13.2 Å². The molecule has 1 saturated heterocycles. The smallest absolute Gasteiger partial charge is 0.180 e. The zero-order valence-electron chi connectivity index (χ0n) is 10.8. The maximum Gasteiger partial charge on any atom is 0.180 e. The van der Waals surface area contributed by atoms with E-state index in [4.69, 9.17) is 14.9 Å². The van der Waals surface area contributed by atoms with Crippen molar-refractivity contribution in [1.29, 1.82) is 0 Å². The average Bonchev–Trinajstić information content (AvgIpc) is 2.91. The number of aliphatic hydroxyl groups excluding tert-OH is 5. The van der Waals surface area contributed by atoms with Crippen molar-refractivity contribution in [3.63, 3.8) is 0 Å². The fraction of sp³-hybridized carbons (Fsp3) is 0.818. The van der Waals surface area contributed by atoms with Gasteiger partial charge in [-0.3, -0.25) is 0 Å². The van der Waals surface area contributed by atoms with Gasteiger partial charge in [0.15, 0.2) is 6.23 Å². The van der Waals surface area contributed by atoms with E-state index in [-0.39, 0.29) is 6.61 Å². The van der Waals surface area contributed by atoms with Gasteiger partial charge in [-0.1, -0.05) is 5.21 Å². The molecule has 114 valence electrons. The summed E-state index contributed by atoms with van der Waals surface area (Å²) in [6.07, 6.45) is -3.67. The highest BCUT2D eigenvalue weighted by Crippen LogP contribution is 2.27. The second-order valence-electron chi connectivity index (χ2n) is 4.74. The normalized spacial score (nSPS) is 34.4. The van der Waals surface area contributed by atoms with Crippen LogP contribution < -0.4 is 0 Å². The lowest BCUT2D eigenvalue weighted by Gasteiger charge is -2.39. The van der Waals surface area contributed by atoms with Crippen LogP contribution in [0.2, 0.25) is 0 Å². The predicted octanol–water partition coefficient (Wildman–Crippen LogP) is -2.82. The number of hydrogen-bond donors (Lipinski definition) is 5. The highest BCUT2D eigenvalue weighted by Gasteiger charge is 2.44. The third-order valence-corrected chi connectivity index (χ3v) is 3.28. The van der Waals surface area contributed by atoms with Gasteiger partial charge in [0.1, 0.15) is 24.4 Å². The van der Waals surface area contributed by atoms with Crippen molar-refractivity contribution < 1.29 is 30.3 Å². The largest absolute Gasteiger partial charge is 0.396 e. The minimum Gasteiger partial charge on any atom is -0.396 e. The summed E-state index contributed by atoms with van der Waals surface area (Å²) in [7, 11) is 0. The van der Waals surface area contributed by atoms with E-state index < -0.39 is 37.3 Å². The number of aliphatic hydroxyl groups is 5. The number of hydrogen-bond acceptors (Lipinski definition) is 8. The number of aromatic nitrogens is 3. The van der Waals surface area contributed by atoms with Crippen LogP contribution in [0.15, 0.2) is 6.20 Å². The van der Waals surface area contributed by atoms with E-state index in [2.05, 4.69) is 10.3 Å². The van der Waals surface area contributed by atoms with E-state index in [0.29, 0.717) is 18.5 Å². The molecule has 5 atom stereocenters. The van der Waals surface area contributed by atoms with Crippen molar-refractivity contribution in [3.8, 4) is 0 Å². The van der Waals surface area contributed by atoms with Crippen LogP contribution in [0.3, 0.4) is 0 Å². The molecule has 0 amide bonds. The van der Waals surface area contributed by atoms with Crippen LogP contribution in [0.5, 0.6) is 0 Å². The quantitative estimate of drug-likeness (QED) is 0.391. The fourth-order valence-electron chi connectivity index (χ4n) is 2.11. The van der Waals surface area contributed by atoms with E-state index in [0.717, 1.165) is 0 Å². The van der Waals surface area contributed by atoms with E-state index in [1.165, 1.54) is 10.9 Å². The van der Waals surface area contributed by atoms with E-state index in [1.807, 2.05) is 0 Å². The molecule has 9 heteroatoms. The number of rotatable bonds is 5. The van der Waals surface area contributed by atoms with Gasteiger partial charge in [0, 0.05) is 6.61 Å². The van der Waals surface area contributed by atoms with Crippen LogP contribution >= 0.6 is 0 Å². The topological polar surface area (TPSA) is 141 Å². The zero-order valence-corrected chi connectivity index (χ0v) is 10.8. The maximum absolute atomic E-state index is 9.91. The van der Waals surface area contributed by atoms with Crippen LogP contribution in [0.25, 0.3) is 0 Å². The van der Waals surface area contributed by atoms with Crippen LogP contribution in [0, 0.1) is 0 Å². The predicted molar refractivity (Wildman–Crippen MR) is 64.4 cm³/mol. The van der Waals surface area contributed by atoms with Crippen molar-refractivity contribution in [2.24, 2.45) is 0 Å². The Bertz CT molecular complexity index is 426. The Kier molecular flexibility index (Phi) is 5.02. The van der Waals surface area contributed by atoms with Gasteiger partial charge in [0.25, 0.3) is 0 Å². The van der Waals surface area contributed by atoms with Crippen LogP contribution in [0.1, 0.15) is 18.3 Å². The molecule has 0 aromatic carbocycles. The Balaban J connectivity index is 2.12. The summed E-state index contributed by atoms with van der Waals surface area (Å²) in [5.41, 5.74) is 0.607. The molecule has 9 nitrogen and oxygen atoms in total. The highest BCUT2D eigenvalue weighted by molar-refractivity contribution is 4.96. The van der Waals surface area contributed by atoms with Gasteiger partial charge in [-0.15, -0.1) is 5.10 Å². The Morgan fingerprint density at radius 2 is 1.90 bits per heavy atom. The maximum atomic E-state index is 9.91. The molecule has 0 aliphatic carbocycles. The van der Waals surface area contributed by atoms with Crippen LogP contribution in [-0.2, 0) is 11.2 Å². The minimum atomic E-state index is -1.45. The molecule has 1 aromatic rings. The van der Waals surface area contributed by atoms with Gasteiger partial charge in [0.05, 0.1) is 18.5 Å². The molecule has 1 fully saturated rings. The van der Waals surface area contributed by atoms with Gasteiger partial charge < -0.3 is 30.3 Å². The molecular formula is C11H19N3O6. The lowest BCUT2D eigenvalue weighted by Crippen LogP contribution is -2.56. The van der Waals surface area contributed by atoms with Crippen LogP contribution in [-0.4, -0.2) is 78.2 Å². The molecule has 1 aliphatic rings. The Morgan fingerprint density at radius 3 is 2.55 bits per heavy atom. The molecule has 0 spiro atoms. The van der Waals surface area contributed by atoms with Crippen LogP contribution in [0.4, 0.5) is 0 Å². The summed E-state index contributed by atoms with van der Waals surface area (Å²) in [5.74, 6) is 0. The zero-order chi connectivity index (χ0) is 14.7. The first-order chi connectivity index (χ1) is 9.58. The van der Waals surface area contributed by atoms with Gasteiger partial charge >= 0.3 is 0 Å². The van der Waals surface area contributed by atoms with Crippen molar-refractivity contribution >= 4 is 0 Å². The number of aryl methyl sites for hydroxylation is 1. The van der Waals surface area contributed by atoms with Crippen molar-refractivity contribution in [1.82, 2.24) is 15.0 Å². The summed E-state index contributed by atoms with van der Waals surface area (Å²) >= 11 is 0.